The van der Waals surface area contributed by atoms with Gasteiger partial charge in [0.05, 0.1) is 0 Å². The van der Waals surface area contributed by atoms with Gasteiger partial charge < -0.3 is 0 Å². The number of rotatable bonds is 4. The lowest BCUT2D eigenvalue weighted by Crippen LogP contribution is -2.16. The van der Waals surface area contributed by atoms with Gasteiger partial charge in [-0.1, -0.05) is 148 Å². The Kier molecular flexibility index (Phi) is 6.00. The van der Waals surface area contributed by atoms with E-state index in [4.69, 9.17) is 15.0 Å². The van der Waals surface area contributed by atoms with Crippen LogP contribution >= 0.6 is 0 Å². The zero-order valence-corrected chi connectivity index (χ0v) is 26.3. The van der Waals surface area contributed by atoms with Gasteiger partial charge in [-0.2, -0.15) is 0 Å². The molecule has 222 valence electrons. The van der Waals surface area contributed by atoms with E-state index in [-0.39, 0.29) is 5.41 Å². The fourth-order valence-corrected chi connectivity index (χ4v) is 7.52. The Labute approximate surface area is 275 Å². The molecule has 2 aliphatic carbocycles. The van der Waals surface area contributed by atoms with Crippen LogP contribution in [0.5, 0.6) is 0 Å². The molecule has 0 bridgehead atoms. The molecular formula is C44H31N3. The monoisotopic (exact) mass is 601 g/mol. The van der Waals surface area contributed by atoms with Crippen LogP contribution in [0.4, 0.5) is 0 Å². The third kappa shape index (κ3) is 4.24. The zero-order valence-electron chi connectivity index (χ0n) is 26.3. The van der Waals surface area contributed by atoms with Gasteiger partial charge in [0.25, 0.3) is 0 Å². The van der Waals surface area contributed by atoms with E-state index in [1.807, 2.05) is 36.4 Å². The van der Waals surface area contributed by atoms with Crippen LogP contribution in [0, 0.1) is 0 Å². The van der Waals surface area contributed by atoms with Gasteiger partial charge in [-0.05, 0) is 73.3 Å². The first-order valence-electron chi connectivity index (χ1n) is 16.1. The molecule has 0 amide bonds. The maximum Gasteiger partial charge on any atom is 0.164 e. The van der Waals surface area contributed by atoms with Crippen LogP contribution in [0.3, 0.4) is 0 Å². The Balaban J connectivity index is 1.19. The summed E-state index contributed by atoms with van der Waals surface area (Å²) in [7, 11) is 0. The second-order valence-corrected chi connectivity index (χ2v) is 12.9. The van der Waals surface area contributed by atoms with Gasteiger partial charge in [0, 0.05) is 22.1 Å². The van der Waals surface area contributed by atoms with E-state index in [9.17, 15) is 0 Å². The van der Waals surface area contributed by atoms with Gasteiger partial charge in [0.2, 0.25) is 0 Å². The number of hydrogen-bond acceptors (Lipinski definition) is 3. The third-order valence-electron chi connectivity index (χ3n) is 9.81. The molecule has 2 aliphatic rings. The molecule has 0 atom stereocenters. The second-order valence-electron chi connectivity index (χ2n) is 12.9. The van der Waals surface area contributed by atoms with Gasteiger partial charge in [-0.25, -0.2) is 15.0 Å². The Bertz CT molecular complexity index is 2390. The van der Waals surface area contributed by atoms with Crippen molar-refractivity contribution in [2.75, 3.05) is 0 Å². The van der Waals surface area contributed by atoms with E-state index >= 15 is 0 Å². The van der Waals surface area contributed by atoms with Crippen molar-refractivity contribution in [3.05, 3.63) is 168 Å². The SMILES string of the molecule is C=C1c2cc(-c3nc(-c4ccccc4)nc(-c4cccc(-c5ccccc5)c4)n3)ccc2-c2c1ccc1c2C(C)(C)c2ccccc2-1. The minimum Gasteiger partial charge on any atom is -0.208 e. The summed E-state index contributed by atoms with van der Waals surface area (Å²) in [5, 5.41) is 0. The van der Waals surface area contributed by atoms with Crippen LogP contribution in [0.2, 0.25) is 0 Å². The largest absolute Gasteiger partial charge is 0.208 e. The van der Waals surface area contributed by atoms with Gasteiger partial charge >= 0.3 is 0 Å². The topological polar surface area (TPSA) is 38.7 Å². The van der Waals surface area contributed by atoms with E-state index in [1.165, 1.54) is 38.9 Å². The zero-order chi connectivity index (χ0) is 31.7. The number of hydrogen-bond donors (Lipinski definition) is 0. The van der Waals surface area contributed by atoms with E-state index in [2.05, 4.69) is 124 Å². The first-order chi connectivity index (χ1) is 23.0. The Morgan fingerprint density at radius 3 is 1.72 bits per heavy atom. The highest BCUT2D eigenvalue weighted by atomic mass is 15.0. The smallest absolute Gasteiger partial charge is 0.164 e. The molecule has 0 spiro atoms. The molecule has 47 heavy (non-hydrogen) atoms. The van der Waals surface area contributed by atoms with Crippen molar-refractivity contribution in [3.63, 3.8) is 0 Å². The molecule has 1 heterocycles. The fourth-order valence-electron chi connectivity index (χ4n) is 7.52. The van der Waals surface area contributed by atoms with Crippen molar-refractivity contribution >= 4 is 5.57 Å². The predicted octanol–water partition coefficient (Wildman–Crippen LogP) is 10.9. The summed E-state index contributed by atoms with van der Waals surface area (Å²) in [6.45, 7) is 9.30. The minimum absolute atomic E-state index is 0.111. The second kappa shape index (κ2) is 10.3. The van der Waals surface area contributed by atoms with Gasteiger partial charge in [0.15, 0.2) is 17.5 Å². The normalized spacial score (nSPS) is 13.5. The number of nitrogens with zero attached hydrogens (tertiary/aromatic N) is 3. The fraction of sp³-hybridized carbons (Fsp3) is 0.0682. The van der Waals surface area contributed by atoms with E-state index in [0.717, 1.165) is 39.0 Å². The Hall–Kier alpha value is -5.93. The molecular weight excluding hydrogens is 571 g/mol. The van der Waals surface area contributed by atoms with Crippen LogP contribution in [-0.4, -0.2) is 15.0 Å². The summed E-state index contributed by atoms with van der Waals surface area (Å²) in [5.74, 6) is 1.94. The summed E-state index contributed by atoms with van der Waals surface area (Å²) in [6.07, 6.45) is 0. The Morgan fingerprint density at radius 1 is 0.426 bits per heavy atom. The molecule has 0 N–H and O–H groups in total. The van der Waals surface area contributed by atoms with Crippen molar-refractivity contribution in [2.45, 2.75) is 19.3 Å². The third-order valence-corrected chi connectivity index (χ3v) is 9.81. The van der Waals surface area contributed by atoms with Crippen LogP contribution in [0.1, 0.15) is 36.1 Å². The van der Waals surface area contributed by atoms with Crippen LogP contribution in [0.15, 0.2) is 146 Å². The van der Waals surface area contributed by atoms with E-state index in [1.54, 1.807) is 0 Å². The van der Waals surface area contributed by atoms with Crippen molar-refractivity contribution < 1.29 is 0 Å². The van der Waals surface area contributed by atoms with E-state index < -0.39 is 0 Å². The van der Waals surface area contributed by atoms with E-state index in [0.29, 0.717) is 17.5 Å². The van der Waals surface area contributed by atoms with Crippen LogP contribution < -0.4 is 0 Å². The molecule has 0 unspecified atom stereocenters. The molecule has 6 aromatic carbocycles. The van der Waals surface area contributed by atoms with Crippen LogP contribution in [0.25, 0.3) is 73.1 Å². The maximum absolute atomic E-state index is 5.09. The van der Waals surface area contributed by atoms with Gasteiger partial charge in [-0.3, -0.25) is 0 Å². The van der Waals surface area contributed by atoms with Gasteiger partial charge in [0.1, 0.15) is 0 Å². The lowest BCUT2D eigenvalue weighted by Gasteiger charge is -2.24. The average Bonchev–Trinajstić information content (AvgIpc) is 3.55. The summed E-state index contributed by atoms with van der Waals surface area (Å²) >= 11 is 0. The number of fused-ring (bicyclic) bond motifs is 7. The molecule has 0 saturated heterocycles. The maximum atomic E-state index is 5.09. The molecule has 0 radical (unpaired) electrons. The first kappa shape index (κ1) is 27.4. The molecule has 3 heteroatoms. The number of benzene rings is 6. The van der Waals surface area contributed by atoms with Crippen molar-refractivity contribution in [1.29, 1.82) is 0 Å². The minimum atomic E-state index is -0.111. The quantitative estimate of drug-likeness (QED) is 0.201. The summed E-state index contributed by atoms with van der Waals surface area (Å²) in [6, 6.07) is 48.9. The lowest BCUT2D eigenvalue weighted by atomic mass is 9.78. The van der Waals surface area contributed by atoms with Crippen LogP contribution in [-0.2, 0) is 5.41 Å². The summed E-state index contributed by atoms with van der Waals surface area (Å²) < 4.78 is 0. The van der Waals surface area contributed by atoms with Crippen molar-refractivity contribution in [2.24, 2.45) is 0 Å². The van der Waals surface area contributed by atoms with Crippen molar-refractivity contribution in [3.8, 4) is 67.5 Å². The highest BCUT2D eigenvalue weighted by molar-refractivity contribution is 6.06. The average molecular weight is 602 g/mol. The highest BCUT2D eigenvalue weighted by Gasteiger charge is 2.40. The molecule has 9 rings (SSSR count). The molecule has 1 aromatic heterocycles. The highest BCUT2D eigenvalue weighted by Crippen LogP contribution is 2.57. The lowest BCUT2D eigenvalue weighted by molar-refractivity contribution is 0.662. The molecule has 3 nitrogen and oxygen atoms in total. The first-order valence-corrected chi connectivity index (χ1v) is 16.1. The molecule has 0 aliphatic heterocycles. The predicted molar refractivity (Wildman–Crippen MR) is 193 cm³/mol. The summed E-state index contributed by atoms with van der Waals surface area (Å²) in [4.78, 5) is 15.1. The van der Waals surface area contributed by atoms with Crippen molar-refractivity contribution in [1.82, 2.24) is 15.0 Å². The molecule has 0 saturated carbocycles. The summed E-state index contributed by atoms with van der Waals surface area (Å²) in [5.41, 5.74) is 16.3. The number of aromatic nitrogens is 3. The molecule has 0 fully saturated rings. The molecule has 7 aromatic rings. The Morgan fingerprint density at radius 2 is 0.979 bits per heavy atom. The standard InChI is InChI=1S/C44H31N3/c1-27-33-23-24-36-34-19-10-11-20-38(34)44(2,3)40(36)39(33)35-22-21-32(26-37(27)35)43-46-41(29-15-8-5-9-16-29)45-42(47-43)31-18-12-17-30(25-31)28-13-6-4-7-14-28/h4-26H,1H2,2-3H3. The van der Waals surface area contributed by atoms with Gasteiger partial charge in [-0.15, -0.1) is 0 Å².